The van der Waals surface area contributed by atoms with Gasteiger partial charge >= 0.3 is 0 Å². The third-order valence-corrected chi connectivity index (χ3v) is 5.64. The van der Waals surface area contributed by atoms with Crippen LogP contribution in [0.1, 0.15) is 31.7 Å². The molecule has 2 rings (SSSR count). The summed E-state index contributed by atoms with van der Waals surface area (Å²) in [6.45, 7) is 3.97. The number of thioether (sulfide) groups is 1. The van der Waals surface area contributed by atoms with Crippen molar-refractivity contribution in [1.82, 2.24) is 0 Å². The standard InChI is InChI=1S/C14H19BrN2O2S/c1-3-20-14-6-4-5-11(14)16-12-7-9(2)13(17(18)19)8-10(12)15/h7-8,11,14,16H,3-6H2,1-2H3. The van der Waals surface area contributed by atoms with Gasteiger partial charge in [0.05, 0.1) is 4.92 Å². The lowest BCUT2D eigenvalue weighted by atomic mass is 10.1. The quantitative estimate of drug-likeness (QED) is 0.609. The number of nitrogens with zero attached hydrogens (tertiary/aromatic N) is 1. The second-order valence-electron chi connectivity index (χ2n) is 5.05. The number of nitrogens with one attached hydrogen (secondary N) is 1. The highest BCUT2D eigenvalue weighted by Gasteiger charge is 2.27. The average Bonchev–Trinajstić information content (AvgIpc) is 2.81. The van der Waals surface area contributed by atoms with Gasteiger partial charge in [-0.15, -0.1) is 0 Å². The number of halogens is 1. The molecule has 110 valence electrons. The molecule has 0 saturated heterocycles. The second-order valence-corrected chi connectivity index (χ2v) is 7.42. The third-order valence-electron chi connectivity index (χ3n) is 3.66. The first kappa shape index (κ1) is 15.6. The summed E-state index contributed by atoms with van der Waals surface area (Å²) in [5.74, 6) is 1.13. The summed E-state index contributed by atoms with van der Waals surface area (Å²) in [6, 6.07) is 3.92. The maximum absolute atomic E-state index is 10.9. The average molecular weight is 359 g/mol. The molecule has 4 nitrogen and oxygen atoms in total. The van der Waals surface area contributed by atoms with Gasteiger partial charge in [-0.2, -0.15) is 11.8 Å². The van der Waals surface area contributed by atoms with Crippen LogP contribution in [0.5, 0.6) is 0 Å². The number of nitro benzene ring substituents is 1. The van der Waals surface area contributed by atoms with E-state index in [1.807, 2.05) is 17.8 Å². The summed E-state index contributed by atoms with van der Waals surface area (Å²) in [7, 11) is 0. The molecule has 1 aliphatic rings. The summed E-state index contributed by atoms with van der Waals surface area (Å²) in [5.41, 5.74) is 1.81. The van der Waals surface area contributed by atoms with Crippen molar-refractivity contribution in [3.8, 4) is 0 Å². The molecule has 20 heavy (non-hydrogen) atoms. The Morgan fingerprint density at radius 3 is 2.90 bits per heavy atom. The van der Waals surface area contributed by atoms with Crippen LogP contribution in [-0.4, -0.2) is 22.0 Å². The molecule has 1 N–H and O–H groups in total. The highest BCUT2D eigenvalue weighted by atomic mass is 79.9. The topological polar surface area (TPSA) is 55.2 Å². The van der Waals surface area contributed by atoms with Crippen molar-refractivity contribution in [1.29, 1.82) is 0 Å². The number of aryl methyl sites for hydroxylation is 1. The van der Waals surface area contributed by atoms with Gasteiger partial charge in [0.2, 0.25) is 0 Å². The van der Waals surface area contributed by atoms with Crippen LogP contribution >= 0.6 is 27.7 Å². The number of rotatable bonds is 5. The highest BCUT2D eigenvalue weighted by Crippen LogP contribution is 2.36. The van der Waals surface area contributed by atoms with E-state index in [4.69, 9.17) is 0 Å². The molecular weight excluding hydrogens is 340 g/mol. The van der Waals surface area contributed by atoms with E-state index in [2.05, 4.69) is 28.2 Å². The van der Waals surface area contributed by atoms with Gasteiger partial charge in [-0.05, 0) is 47.5 Å². The first-order chi connectivity index (χ1) is 9.52. The Morgan fingerprint density at radius 2 is 2.25 bits per heavy atom. The molecule has 0 spiro atoms. The maximum atomic E-state index is 10.9. The van der Waals surface area contributed by atoms with Crippen molar-refractivity contribution in [2.24, 2.45) is 0 Å². The number of hydrogen-bond acceptors (Lipinski definition) is 4. The Kier molecular flexibility index (Phi) is 5.32. The Hall–Kier alpha value is -0.750. The van der Waals surface area contributed by atoms with Gasteiger partial charge in [0.1, 0.15) is 0 Å². The summed E-state index contributed by atoms with van der Waals surface area (Å²) in [4.78, 5) is 10.6. The third kappa shape index (κ3) is 3.47. The fourth-order valence-corrected chi connectivity index (χ4v) is 4.33. The molecule has 6 heteroatoms. The Morgan fingerprint density at radius 1 is 1.50 bits per heavy atom. The normalized spacial score (nSPS) is 21.9. The zero-order valence-corrected chi connectivity index (χ0v) is 14.1. The van der Waals surface area contributed by atoms with E-state index in [0.29, 0.717) is 16.9 Å². The molecular formula is C14H19BrN2O2S. The summed E-state index contributed by atoms with van der Waals surface area (Å²) >= 11 is 5.44. The Labute approximate surface area is 132 Å². The van der Waals surface area contributed by atoms with Crippen LogP contribution < -0.4 is 5.32 Å². The first-order valence-corrected chi connectivity index (χ1v) is 8.69. The Balaban J connectivity index is 2.17. The van der Waals surface area contributed by atoms with Crippen molar-refractivity contribution < 1.29 is 4.92 Å². The van der Waals surface area contributed by atoms with Crippen molar-refractivity contribution in [3.05, 3.63) is 32.3 Å². The fourth-order valence-electron chi connectivity index (χ4n) is 2.68. The van der Waals surface area contributed by atoms with Crippen molar-refractivity contribution in [3.63, 3.8) is 0 Å². The molecule has 0 heterocycles. The van der Waals surface area contributed by atoms with Gasteiger partial charge in [0.15, 0.2) is 0 Å². The zero-order chi connectivity index (χ0) is 14.7. The lowest BCUT2D eigenvalue weighted by molar-refractivity contribution is -0.385. The molecule has 0 aliphatic heterocycles. The smallest absolute Gasteiger partial charge is 0.273 e. The van der Waals surface area contributed by atoms with Crippen LogP contribution in [0.25, 0.3) is 0 Å². The highest BCUT2D eigenvalue weighted by molar-refractivity contribution is 9.10. The van der Waals surface area contributed by atoms with Crippen LogP contribution in [0.2, 0.25) is 0 Å². The van der Waals surface area contributed by atoms with Crippen molar-refractivity contribution in [2.75, 3.05) is 11.1 Å². The molecule has 1 aromatic rings. The SMILES string of the molecule is CCSC1CCCC1Nc1cc(C)c([N+](=O)[O-])cc1Br. The van der Waals surface area contributed by atoms with Gasteiger partial charge in [0, 0.05) is 33.1 Å². The molecule has 2 unspecified atom stereocenters. The fraction of sp³-hybridized carbons (Fsp3) is 0.571. The van der Waals surface area contributed by atoms with E-state index in [0.717, 1.165) is 15.9 Å². The molecule has 0 bridgehead atoms. The minimum Gasteiger partial charge on any atom is -0.380 e. The van der Waals surface area contributed by atoms with E-state index in [1.165, 1.54) is 19.3 Å². The monoisotopic (exact) mass is 358 g/mol. The molecule has 0 amide bonds. The lowest BCUT2D eigenvalue weighted by Gasteiger charge is -2.22. The van der Waals surface area contributed by atoms with E-state index >= 15 is 0 Å². The zero-order valence-electron chi connectivity index (χ0n) is 11.7. The van der Waals surface area contributed by atoms with Crippen LogP contribution in [0.4, 0.5) is 11.4 Å². The van der Waals surface area contributed by atoms with Gasteiger partial charge in [-0.3, -0.25) is 10.1 Å². The second kappa shape index (κ2) is 6.80. The van der Waals surface area contributed by atoms with E-state index < -0.39 is 0 Å². The largest absolute Gasteiger partial charge is 0.380 e. The number of hydrogen-bond donors (Lipinski definition) is 1. The van der Waals surface area contributed by atoms with Gasteiger partial charge < -0.3 is 5.32 Å². The van der Waals surface area contributed by atoms with Crippen molar-refractivity contribution in [2.45, 2.75) is 44.4 Å². The van der Waals surface area contributed by atoms with E-state index in [1.54, 1.807) is 13.0 Å². The minimum absolute atomic E-state index is 0.160. The van der Waals surface area contributed by atoms with Crippen LogP contribution in [-0.2, 0) is 0 Å². The summed E-state index contributed by atoms with van der Waals surface area (Å²) in [5, 5.41) is 15.1. The summed E-state index contributed by atoms with van der Waals surface area (Å²) < 4.78 is 0.766. The predicted molar refractivity (Wildman–Crippen MR) is 88.7 cm³/mol. The number of benzene rings is 1. The van der Waals surface area contributed by atoms with Gasteiger partial charge in [0.25, 0.3) is 5.69 Å². The van der Waals surface area contributed by atoms with Gasteiger partial charge in [-0.1, -0.05) is 13.3 Å². The van der Waals surface area contributed by atoms with Crippen LogP contribution in [0, 0.1) is 17.0 Å². The molecule has 1 aliphatic carbocycles. The van der Waals surface area contributed by atoms with Crippen LogP contribution in [0.15, 0.2) is 16.6 Å². The molecule has 1 aromatic carbocycles. The molecule has 0 radical (unpaired) electrons. The number of anilines is 1. The molecule has 0 aromatic heterocycles. The van der Waals surface area contributed by atoms with Gasteiger partial charge in [-0.25, -0.2) is 0 Å². The number of nitro groups is 1. The molecule has 2 atom stereocenters. The van der Waals surface area contributed by atoms with E-state index in [9.17, 15) is 10.1 Å². The maximum Gasteiger partial charge on any atom is 0.273 e. The van der Waals surface area contributed by atoms with Crippen molar-refractivity contribution >= 4 is 39.1 Å². The lowest BCUT2D eigenvalue weighted by Crippen LogP contribution is -2.26. The first-order valence-electron chi connectivity index (χ1n) is 6.85. The molecule has 1 fully saturated rings. The van der Waals surface area contributed by atoms with Crippen LogP contribution in [0.3, 0.4) is 0 Å². The predicted octanol–water partition coefficient (Wildman–Crippen LogP) is 4.75. The minimum atomic E-state index is -0.338. The molecule has 1 saturated carbocycles. The van der Waals surface area contributed by atoms with E-state index in [-0.39, 0.29) is 10.6 Å². The summed E-state index contributed by atoms with van der Waals surface area (Å²) in [6.07, 6.45) is 3.67. The Bertz CT molecular complexity index is 510.